The van der Waals surface area contributed by atoms with Gasteiger partial charge in [0.2, 0.25) is 0 Å². The Morgan fingerprint density at radius 1 is 1.45 bits per heavy atom. The lowest BCUT2D eigenvalue weighted by atomic mass is 10.3. The third kappa shape index (κ3) is 1.42. The second kappa shape index (κ2) is 3.04. The minimum atomic E-state index is -1.26. The molecule has 0 aliphatic rings. The minimum Gasteiger partial charge on any atom is -0.462 e. The molecule has 0 aliphatic heterocycles. The highest BCUT2D eigenvalue weighted by Gasteiger charge is 2.29. The molecule has 1 heterocycles. The van der Waals surface area contributed by atoms with Gasteiger partial charge in [-0.2, -0.15) is 0 Å². The zero-order valence-electron chi connectivity index (χ0n) is 6.53. The molecule has 1 rings (SSSR count). The van der Waals surface area contributed by atoms with E-state index in [1.165, 1.54) is 20.5 Å². The molecule has 0 saturated heterocycles. The highest BCUT2D eigenvalue weighted by Crippen LogP contribution is 2.19. The van der Waals surface area contributed by atoms with E-state index >= 15 is 0 Å². The van der Waals surface area contributed by atoms with E-state index in [4.69, 9.17) is 19.6 Å². The van der Waals surface area contributed by atoms with Gasteiger partial charge in [0.1, 0.15) is 0 Å². The minimum absolute atomic E-state index is 0.447. The second-order valence-corrected chi connectivity index (χ2v) is 2.05. The van der Waals surface area contributed by atoms with E-state index in [9.17, 15) is 0 Å². The van der Waals surface area contributed by atoms with Crippen LogP contribution in [-0.4, -0.2) is 14.2 Å². The molecule has 4 nitrogen and oxygen atoms in total. The molecule has 0 unspecified atom stereocenters. The molecule has 1 aromatic heterocycles. The van der Waals surface area contributed by atoms with Gasteiger partial charge >= 0.3 is 0 Å². The van der Waals surface area contributed by atoms with Crippen LogP contribution in [0.1, 0.15) is 5.76 Å². The number of ether oxygens (including phenoxy) is 2. The van der Waals surface area contributed by atoms with E-state index in [-0.39, 0.29) is 0 Å². The van der Waals surface area contributed by atoms with Crippen LogP contribution >= 0.6 is 0 Å². The van der Waals surface area contributed by atoms with Crippen LogP contribution < -0.4 is 5.73 Å². The number of rotatable bonds is 3. The Hall–Kier alpha value is -0.840. The average molecular weight is 157 g/mol. The summed E-state index contributed by atoms with van der Waals surface area (Å²) in [6.07, 6.45) is 1.51. The maximum absolute atomic E-state index is 5.62. The zero-order chi connectivity index (χ0) is 8.32. The number of hydrogen-bond acceptors (Lipinski definition) is 4. The molecule has 0 radical (unpaired) electrons. The first-order valence-electron chi connectivity index (χ1n) is 3.16. The monoisotopic (exact) mass is 157 g/mol. The van der Waals surface area contributed by atoms with Crippen molar-refractivity contribution in [1.82, 2.24) is 0 Å². The Labute approximate surface area is 64.9 Å². The van der Waals surface area contributed by atoms with Crippen molar-refractivity contribution in [2.45, 2.75) is 5.91 Å². The van der Waals surface area contributed by atoms with Gasteiger partial charge in [-0.25, -0.2) is 0 Å². The lowest BCUT2D eigenvalue weighted by Gasteiger charge is -2.22. The van der Waals surface area contributed by atoms with E-state index < -0.39 is 5.91 Å². The first-order valence-corrected chi connectivity index (χ1v) is 3.16. The van der Waals surface area contributed by atoms with Gasteiger partial charge in [0.15, 0.2) is 5.76 Å². The number of furan rings is 1. The Balaban J connectivity index is 2.87. The van der Waals surface area contributed by atoms with E-state index in [1.54, 1.807) is 12.1 Å². The maximum Gasteiger partial charge on any atom is 0.286 e. The van der Waals surface area contributed by atoms with Crippen LogP contribution in [0.2, 0.25) is 0 Å². The molecule has 0 saturated carbocycles. The zero-order valence-corrected chi connectivity index (χ0v) is 6.53. The van der Waals surface area contributed by atoms with Crippen LogP contribution in [-0.2, 0) is 15.4 Å². The van der Waals surface area contributed by atoms with Crippen LogP contribution in [0.15, 0.2) is 22.8 Å². The molecule has 0 spiro atoms. The van der Waals surface area contributed by atoms with Crippen molar-refractivity contribution in [3.63, 3.8) is 0 Å². The molecule has 0 amide bonds. The van der Waals surface area contributed by atoms with E-state index in [1.807, 2.05) is 0 Å². The number of hydrogen-bond donors (Lipinski definition) is 1. The predicted octanol–water partition coefficient (Wildman–Crippen LogP) is 0.641. The fraction of sp³-hybridized carbons (Fsp3) is 0.429. The third-order valence-corrected chi connectivity index (χ3v) is 1.47. The number of nitrogens with two attached hydrogens (primary N) is 1. The fourth-order valence-corrected chi connectivity index (χ4v) is 0.761. The summed E-state index contributed by atoms with van der Waals surface area (Å²) in [5.74, 6) is -0.814. The van der Waals surface area contributed by atoms with Crippen molar-refractivity contribution in [3.05, 3.63) is 24.2 Å². The SMILES string of the molecule is COC(N)(OC)c1ccco1. The summed E-state index contributed by atoms with van der Waals surface area (Å²) >= 11 is 0. The molecule has 4 heteroatoms. The highest BCUT2D eigenvalue weighted by molar-refractivity contribution is 5.04. The molecule has 0 bridgehead atoms. The van der Waals surface area contributed by atoms with Crippen molar-refractivity contribution in [3.8, 4) is 0 Å². The lowest BCUT2D eigenvalue weighted by Crippen LogP contribution is -2.40. The first kappa shape index (κ1) is 8.26. The smallest absolute Gasteiger partial charge is 0.286 e. The Morgan fingerprint density at radius 2 is 2.09 bits per heavy atom. The summed E-state index contributed by atoms with van der Waals surface area (Å²) in [6, 6.07) is 3.40. The average Bonchev–Trinajstić information content (AvgIpc) is 2.55. The predicted molar refractivity (Wildman–Crippen MR) is 38.6 cm³/mol. The largest absolute Gasteiger partial charge is 0.462 e. The maximum atomic E-state index is 5.62. The van der Waals surface area contributed by atoms with Crippen molar-refractivity contribution in [2.75, 3.05) is 14.2 Å². The summed E-state index contributed by atoms with van der Waals surface area (Å²) in [6.45, 7) is 0. The first-order chi connectivity index (χ1) is 5.23. The second-order valence-electron chi connectivity index (χ2n) is 2.05. The standard InChI is InChI=1S/C7H11NO3/c1-9-7(8,10-2)6-4-3-5-11-6/h3-5H,8H2,1-2H3. The molecule has 0 aromatic carbocycles. The Kier molecular flexibility index (Phi) is 2.28. The van der Waals surface area contributed by atoms with Crippen LogP contribution in [0.4, 0.5) is 0 Å². The van der Waals surface area contributed by atoms with Gasteiger partial charge in [-0.15, -0.1) is 0 Å². The van der Waals surface area contributed by atoms with E-state index in [2.05, 4.69) is 0 Å². The van der Waals surface area contributed by atoms with E-state index in [0.717, 1.165) is 0 Å². The molecule has 2 N–H and O–H groups in total. The fourth-order valence-electron chi connectivity index (χ4n) is 0.761. The summed E-state index contributed by atoms with van der Waals surface area (Å²) < 4.78 is 14.8. The summed E-state index contributed by atoms with van der Waals surface area (Å²) in [5, 5.41) is 0. The molecular formula is C7H11NO3. The van der Waals surface area contributed by atoms with Gasteiger partial charge in [0.05, 0.1) is 6.26 Å². The Morgan fingerprint density at radius 3 is 2.45 bits per heavy atom. The van der Waals surface area contributed by atoms with Gasteiger partial charge in [-0.3, -0.25) is 5.73 Å². The quantitative estimate of drug-likeness (QED) is 0.654. The van der Waals surface area contributed by atoms with Crippen molar-refractivity contribution in [1.29, 1.82) is 0 Å². The van der Waals surface area contributed by atoms with Gasteiger partial charge in [-0.1, -0.05) is 0 Å². The molecule has 62 valence electrons. The number of methoxy groups -OCH3 is 2. The lowest BCUT2D eigenvalue weighted by molar-refractivity contribution is -0.222. The summed E-state index contributed by atoms with van der Waals surface area (Å²) in [4.78, 5) is 0. The third-order valence-electron chi connectivity index (χ3n) is 1.47. The van der Waals surface area contributed by atoms with Crippen molar-refractivity contribution >= 4 is 0 Å². The highest BCUT2D eigenvalue weighted by atomic mass is 16.7. The summed E-state index contributed by atoms with van der Waals surface area (Å²) in [5.41, 5.74) is 5.62. The Bertz CT molecular complexity index is 203. The van der Waals surface area contributed by atoms with Crippen molar-refractivity contribution < 1.29 is 13.9 Å². The van der Waals surface area contributed by atoms with Crippen LogP contribution in [0, 0.1) is 0 Å². The molecule has 0 fully saturated rings. The van der Waals surface area contributed by atoms with Crippen molar-refractivity contribution in [2.24, 2.45) is 5.73 Å². The molecule has 0 aliphatic carbocycles. The molecule has 11 heavy (non-hydrogen) atoms. The van der Waals surface area contributed by atoms with Crippen LogP contribution in [0.3, 0.4) is 0 Å². The van der Waals surface area contributed by atoms with Crippen LogP contribution in [0.5, 0.6) is 0 Å². The van der Waals surface area contributed by atoms with Gasteiger partial charge in [0, 0.05) is 14.2 Å². The van der Waals surface area contributed by atoms with Gasteiger partial charge < -0.3 is 13.9 Å². The molecule has 1 aromatic rings. The topological polar surface area (TPSA) is 57.6 Å². The summed E-state index contributed by atoms with van der Waals surface area (Å²) in [7, 11) is 2.90. The molecule has 0 atom stereocenters. The normalized spacial score (nSPS) is 11.9. The van der Waals surface area contributed by atoms with Gasteiger partial charge in [0.25, 0.3) is 5.91 Å². The van der Waals surface area contributed by atoms with Gasteiger partial charge in [-0.05, 0) is 12.1 Å². The molecular weight excluding hydrogens is 146 g/mol. The van der Waals surface area contributed by atoms with E-state index in [0.29, 0.717) is 5.76 Å². The van der Waals surface area contributed by atoms with Crippen LogP contribution in [0.25, 0.3) is 0 Å².